The van der Waals surface area contributed by atoms with Crippen molar-refractivity contribution in [2.45, 2.75) is 57.8 Å². The smallest absolute Gasteiger partial charge is 0.224 e. The largest absolute Gasteiger partial charge is 0.379 e. The number of nitrogens with zero attached hydrogens (tertiary/aromatic N) is 8. The van der Waals surface area contributed by atoms with Gasteiger partial charge in [-0.2, -0.15) is 5.10 Å². The number of hydrogen-bond donors (Lipinski definition) is 0. The zero-order valence-corrected chi connectivity index (χ0v) is 16.9. The first-order valence-corrected chi connectivity index (χ1v) is 10.6. The quantitative estimate of drug-likeness (QED) is 0.637. The lowest BCUT2D eigenvalue weighted by atomic mass is 9.99. The Bertz CT molecular complexity index is 756. The highest BCUT2D eigenvalue weighted by Crippen LogP contribution is 2.21. The van der Waals surface area contributed by atoms with Crippen molar-refractivity contribution in [3.63, 3.8) is 0 Å². The molecule has 2 aromatic heterocycles. The van der Waals surface area contributed by atoms with Gasteiger partial charge in [-0.05, 0) is 42.2 Å². The van der Waals surface area contributed by atoms with E-state index < -0.39 is 0 Å². The van der Waals surface area contributed by atoms with E-state index in [0.29, 0.717) is 25.6 Å². The number of hydrogen-bond acceptors (Lipinski definition) is 7. The van der Waals surface area contributed by atoms with Gasteiger partial charge in [0.05, 0.1) is 26.3 Å². The van der Waals surface area contributed by atoms with Gasteiger partial charge in [-0.1, -0.05) is 0 Å². The second-order valence-corrected chi connectivity index (χ2v) is 7.75. The third-order valence-corrected chi connectivity index (χ3v) is 5.81. The Morgan fingerprint density at radius 1 is 1.17 bits per heavy atom. The molecule has 2 aliphatic rings. The fourth-order valence-corrected chi connectivity index (χ4v) is 4.16. The molecule has 2 saturated heterocycles. The molecule has 0 N–H and O–H groups in total. The van der Waals surface area contributed by atoms with Crippen molar-refractivity contribution in [3.05, 3.63) is 24.3 Å². The molecule has 158 valence electrons. The Morgan fingerprint density at radius 2 is 2.07 bits per heavy atom. The molecule has 1 amide bonds. The van der Waals surface area contributed by atoms with Crippen LogP contribution in [-0.4, -0.2) is 84.6 Å². The molecule has 0 unspecified atom stereocenters. The number of tetrazole rings is 1. The van der Waals surface area contributed by atoms with Crippen LogP contribution in [0.15, 0.2) is 18.5 Å². The van der Waals surface area contributed by atoms with Gasteiger partial charge in [-0.15, -0.1) is 5.10 Å². The number of amides is 1. The lowest BCUT2D eigenvalue weighted by molar-refractivity contribution is -0.135. The summed E-state index contributed by atoms with van der Waals surface area (Å²) in [5, 5.41) is 16.4. The van der Waals surface area contributed by atoms with Gasteiger partial charge in [0.25, 0.3) is 0 Å². The Hall–Kier alpha value is -2.33. The van der Waals surface area contributed by atoms with Gasteiger partial charge in [0, 0.05) is 51.0 Å². The van der Waals surface area contributed by atoms with E-state index in [0.717, 1.165) is 64.5 Å². The summed E-state index contributed by atoms with van der Waals surface area (Å²) in [7, 11) is 0. The van der Waals surface area contributed by atoms with E-state index in [9.17, 15) is 4.79 Å². The predicted octanol–water partition coefficient (Wildman–Crippen LogP) is 0.563. The average Bonchev–Trinajstić information content (AvgIpc) is 3.43. The summed E-state index contributed by atoms with van der Waals surface area (Å²) in [6, 6.07) is 2.23. The maximum Gasteiger partial charge on any atom is 0.224 e. The standard InChI is InChI=1S/C19H30N8O2/c28-19(26-9-2-1-4-17(26)5-10-25-8-3-7-20-25)6-11-27-18(21-22-23-27)16-24-12-14-29-15-13-24/h3,7-8,17H,1-2,4-6,9-16H2/t17-/m0/s1. The van der Waals surface area contributed by atoms with E-state index in [-0.39, 0.29) is 5.91 Å². The van der Waals surface area contributed by atoms with Crippen molar-refractivity contribution in [1.82, 2.24) is 39.8 Å². The SMILES string of the molecule is O=C(CCn1nnnc1CN1CCOCC1)N1CCCC[C@H]1CCn1cccn1. The van der Waals surface area contributed by atoms with Crippen molar-refractivity contribution in [2.24, 2.45) is 0 Å². The van der Waals surface area contributed by atoms with Crippen molar-refractivity contribution < 1.29 is 9.53 Å². The first kappa shape index (κ1) is 20.0. The van der Waals surface area contributed by atoms with Gasteiger partial charge >= 0.3 is 0 Å². The number of morpholine rings is 1. The van der Waals surface area contributed by atoms with E-state index in [4.69, 9.17) is 4.74 Å². The fraction of sp³-hybridized carbons (Fsp3) is 0.737. The lowest BCUT2D eigenvalue weighted by Gasteiger charge is -2.36. The molecule has 0 radical (unpaired) electrons. The number of ether oxygens (including phenoxy) is 1. The summed E-state index contributed by atoms with van der Waals surface area (Å²) in [5.41, 5.74) is 0. The summed E-state index contributed by atoms with van der Waals surface area (Å²) in [4.78, 5) is 17.3. The van der Waals surface area contributed by atoms with E-state index in [1.54, 1.807) is 10.9 Å². The number of aryl methyl sites for hydroxylation is 2. The molecular weight excluding hydrogens is 372 g/mol. The fourth-order valence-electron chi connectivity index (χ4n) is 4.16. The Labute approximate surface area is 170 Å². The van der Waals surface area contributed by atoms with Crippen LogP contribution in [0.2, 0.25) is 0 Å². The minimum atomic E-state index is 0.197. The summed E-state index contributed by atoms with van der Waals surface area (Å²) in [6.07, 6.45) is 8.48. The molecule has 0 spiro atoms. The van der Waals surface area contributed by atoms with Gasteiger partial charge in [0.2, 0.25) is 5.91 Å². The number of carbonyl (C=O) groups is 1. The van der Waals surface area contributed by atoms with Gasteiger partial charge in [0.15, 0.2) is 5.82 Å². The van der Waals surface area contributed by atoms with Gasteiger partial charge in [0.1, 0.15) is 0 Å². The zero-order chi connectivity index (χ0) is 19.9. The molecule has 2 fully saturated rings. The minimum absolute atomic E-state index is 0.197. The second-order valence-electron chi connectivity index (χ2n) is 7.75. The summed E-state index contributed by atoms with van der Waals surface area (Å²) < 4.78 is 9.11. The van der Waals surface area contributed by atoms with Gasteiger partial charge in [-0.25, -0.2) is 4.68 Å². The molecule has 0 saturated carbocycles. The van der Waals surface area contributed by atoms with Crippen LogP contribution >= 0.6 is 0 Å². The van der Waals surface area contributed by atoms with Crippen molar-refractivity contribution in [2.75, 3.05) is 32.8 Å². The normalized spacial score (nSPS) is 20.8. The topological polar surface area (TPSA) is 94.2 Å². The highest BCUT2D eigenvalue weighted by molar-refractivity contribution is 5.76. The summed E-state index contributed by atoms with van der Waals surface area (Å²) in [6.45, 7) is 6.17. The molecular formula is C19H30N8O2. The van der Waals surface area contributed by atoms with E-state index >= 15 is 0 Å². The van der Waals surface area contributed by atoms with Crippen LogP contribution in [0.4, 0.5) is 0 Å². The number of carbonyl (C=O) groups excluding carboxylic acids is 1. The van der Waals surface area contributed by atoms with Crippen LogP contribution in [-0.2, 0) is 29.2 Å². The highest BCUT2D eigenvalue weighted by atomic mass is 16.5. The maximum absolute atomic E-state index is 13.0. The van der Waals surface area contributed by atoms with Crippen molar-refractivity contribution in [3.8, 4) is 0 Å². The van der Waals surface area contributed by atoms with Crippen LogP contribution in [0.3, 0.4) is 0 Å². The molecule has 29 heavy (non-hydrogen) atoms. The summed E-state index contributed by atoms with van der Waals surface area (Å²) >= 11 is 0. The Balaban J connectivity index is 1.29. The first-order valence-electron chi connectivity index (χ1n) is 10.6. The lowest BCUT2D eigenvalue weighted by Crippen LogP contribution is -2.44. The van der Waals surface area contributed by atoms with Crippen LogP contribution in [0.25, 0.3) is 0 Å². The Kier molecular flexibility index (Phi) is 6.83. The predicted molar refractivity (Wildman–Crippen MR) is 105 cm³/mol. The van der Waals surface area contributed by atoms with E-state index in [2.05, 4.69) is 30.4 Å². The molecule has 2 aromatic rings. The van der Waals surface area contributed by atoms with Crippen LogP contribution in [0.1, 0.15) is 37.9 Å². The highest BCUT2D eigenvalue weighted by Gasteiger charge is 2.26. The van der Waals surface area contributed by atoms with Gasteiger partial charge < -0.3 is 9.64 Å². The van der Waals surface area contributed by atoms with Gasteiger partial charge in [-0.3, -0.25) is 14.4 Å². The molecule has 0 bridgehead atoms. The number of aromatic nitrogens is 6. The molecule has 10 heteroatoms. The molecule has 10 nitrogen and oxygen atoms in total. The monoisotopic (exact) mass is 402 g/mol. The third kappa shape index (κ3) is 5.39. The molecule has 0 aliphatic carbocycles. The molecule has 4 rings (SSSR count). The molecule has 0 aromatic carbocycles. The second kappa shape index (κ2) is 9.93. The molecule has 4 heterocycles. The van der Waals surface area contributed by atoms with Crippen molar-refractivity contribution >= 4 is 5.91 Å². The average molecular weight is 403 g/mol. The van der Waals surface area contributed by atoms with Crippen LogP contribution < -0.4 is 0 Å². The first-order chi connectivity index (χ1) is 14.3. The third-order valence-electron chi connectivity index (χ3n) is 5.81. The minimum Gasteiger partial charge on any atom is -0.379 e. The maximum atomic E-state index is 13.0. The molecule has 2 aliphatic heterocycles. The van der Waals surface area contributed by atoms with Crippen LogP contribution in [0.5, 0.6) is 0 Å². The summed E-state index contributed by atoms with van der Waals surface area (Å²) in [5.74, 6) is 1.01. The van der Waals surface area contributed by atoms with E-state index in [1.807, 2.05) is 16.9 Å². The number of rotatable bonds is 8. The van der Waals surface area contributed by atoms with Crippen LogP contribution in [0, 0.1) is 0 Å². The van der Waals surface area contributed by atoms with E-state index in [1.165, 1.54) is 6.42 Å². The Morgan fingerprint density at radius 3 is 2.90 bits per heavy atom. The molecule has 1 atom stereocenters. The number of likely N-dealkylation sites (tertiary alicyclic amines) is 1. The van der Waals surface area contributed by atoms with Crippen molar-refractivity contribution in [1.29, 1.82) is 0 Å². The number of piperidine rings is 1. The zero-order valence-electron chi connectivity index (χ0n) is 16.9.